The van der Waals surface area contributed by atoms with Gasteiger partial charge in [0.1, 0.15) is 0 Å². The normalized spacial score (nSPS) is 12.2. The van der Waals surface area contributed by atoms with E-state index in [0.29, 0.717) is 13.2 Å². The highest BCUT2D eigenvalue weighted by molar-refractivity contribution is 5.86. The average molecular weight is 204 g/mol. The summed E-state index contributed by atoms with van der Waals surface area (Å²) in [5.41, 5.74) is 0.272. The number of carbonyl (C=O) groups excluding carboxylic acids is 1. The van der Waals surface area contributed by atoms with Crippen molar-refractivity contribution in [2.45, 2.75) is 20.1 Å². The van der Waals surface area contributed by atoms with Crippen molar-refractivity contribution in [1.82, 2.24) is 0 Å². The fourth-order valence-corrected chi connectivity index (χ4v) is 0.508. The molecule has 0 radical (unpaired) electrons. The first kappa shape index (κ1) is 13.1. The van der Waals surface area contributed by atoms with Crippen LogP contribution in [0.5, 0.6) is 0 Å². The molecule has 0 aliphatic rings. The van der Waals surface area contributed by atoms with E-state index in [-0.39, 0.29) is 5.57 Å². The molecule has 0 spiro atoms. The minimum Gasteiger partial charge on any atom is -0.382 e. The van der Waals surface area contributed by atoms with Crippen LogP contribution in [0.2, 0.25) is 0 Å². The highest BCUT2D eigenvalue weighted by Crippen LogP contribution is 1.98. The van der Waals surface area contributed by atoms with Gasteiger partial charge in [0.2, 0.25) is 0 Å². The van der Waals surface area contributed by atoms with Crippen molar-refractivity contribution in [3.63, 3.8) is 0 Å². The molecule has 0 bridgehead atoms. The standard InChI is InChI=1S/C9H16O5/c1-7(2)9(10)14-13-8(3)12-6-5-11-4/h8H,1,5-6H2,2-4H3. The van der Waals surface area contributed by atoms with Gasteiger partial charge < -0.3 is 9.47 Å². The summed E-state index contributed by atoms with van der Waals surface area (Å²) in [5, 5.41) is 0. The highest BCUT2D eigenvalue weighted by atomic mass is 17.2. The zero-order chi connectivity index (χ0) is 11.0. The van der Waals surface area contributed by atoms with Gasteiger partial charge in [0.25, 0.3) is 0 Å². The van der Waals surface area contributed by atoms with Crippen LogP contribution in [0.1, 0.15) is 13.8 Å². The molecular formula is C9H16O5. The lowest BCUT2D eigenvalue weighted by molar-refractivity contribution is -0.345. The third-order valence-electron chi connectivity index (χ3n) is 1.25. The molecule has 0 rings (SSSR count). The van der Waals surface area contributed by atoms with Gasteiger partial charge in [-0.05, 0) is 13.8 Å². The summed E-state index contributed by atoms with van der Waals surface area (Å²) >= 11 is 0. The van der Waals surface area contributed by atoms with Gasteiger partial charge in [-0.1, -0.05) is 6.58 Å². The minimum atomic E-state index is -0.617. The van der Waals surface area contributed by atoms with E-state index in [1.807, 2.05) is 0 Å². The number of rotatable bonds is 7. The topological polar surface area (TPSA) is 54.0 Å². The van der Waals surface area contributed by atoms with Crippen LogP contribution in [0.3, 0.4) is 0 Å². The molecule has 0 fully saturated rings. The van der Waals surface area contributed by atoms with Crippen LogP contribution < -0.4 is 0 Å². The number of ether oxygens (including phenoxy) is 2. The van der Waals surface area contributed by atoms with E-state index in [2.05, 4.69) is 16.4 Å². The molecule has 5 heteroatoms. The Morgan fingerprint density at radius 3 is 2.57 bits per heavy atom. The molecule has 0 N–H and O–H groups in total. The molecule has 0 aromatic rings. The molecule has 14 heavy (non-hydrogen) atoms. The third-order valence-corrected chi connectivity index (χ3v) is 1.25. The summed E-state index contributed by atoms with van der Waals surface area (Å²) in [6.45, 7) is 7.37. The first-order chi connectivity index (χ1) is 6.57. The molecule has 5 nitrogen and oxygen atoms in total. The Labute approximate surface area is 83.5 Å². The molecule has 0 aliphatic heterocycles. The fraction of sp³-hybridized carbons (Fsp3) is 0.667. The van der Waals surface area contributed by atoms with E-state index in [9.17, 15) is 4.79 Å². The van der Waals surface area contributed by atoms with Crippen molar-refractivity contribution >= 4 is 5.97 Å². The predicted molar refractivity (Wildman–Crippen MR) is 49.3 cm³/mol. The molecule has 1 unspecified atom stereocenters. The molecule has 0 saturated heterocycles. The van der Waals surface area contributed by atoms with E-state index in [0.717, 1.165) is 0 Å². The van der Waals surface area contributed by atoms with Gasteiger partial charge in [0.05, 0.1) is 13.2 Å². The second-order valence-electron chi connectivity index (χ2n) is 2.68. The smallest absolute Gasteiger partial charge is 0.368 e. The second kappa shape index (κ2) is 7.49. The van der Waals surface area contributed by atoms with E-state index >= 15 is 0 Å². The van der Waals surface area contributed by atoms with Crippen LogP contribution in [0.15, 0.2) is 12.2 Å². The maximum Gasteiger partial charge on any atom is 0.368 e. The summed E-state index contributed by atoms with van der Waals surface area (Å²) in [6, 6.07) is 0. The molecule has 0 aromatic heterocycles. The van der Waals surface area contributed by atoms with E-state index < -0.39 is 12.3 Å². The summed E-state index contributed by atoms with van der Waals surface area (Å²) < 4.78 is 9.81. The summed E-state index contributed by atoms with van der Waals surface area (Å²) in [4.78, 5) is 19.9. The Kier molecular flexibility index (Phi) is 7.00. The Bertz CT molecular complexity index is 190. The molecule has 0 amide bonds. The molecule has 82 valence electrons. The van der Waals surface area contributed by atoms with E-state index in [1.165, 1.54) is 6.92 Å². The zero-order valence-electron chi connectivity index (χ0n) is 8.74. The predicted octanol–water partition coefficient (Wildman–Crippen LogP) is 1.05. The lowest BCUT2D eigenvalue weighted by Crippen LogP contribution is -2.18. The highest BCUT2D eigenvalue weighted by Gasteiger charge is 2.08. The van der Waals surface area contributed by atoms with Crippen molar-refractivity contribution in [1.29, 1.82) is 0 Å². The van der Waals surface area contributed by atoms with Crippen LogP contribution in [-0.4, -0.2) is 32.6 Å². The minimum absolute atomic E-state index is 0.272. The lowest BCUT2D eigenvalue weighted by Gasteiger charge is -2.11. The Balaban J connectivity index is 3.48. The summed E-state index contributed by atoms with van der Waals surface area (Å²) in [6.07, 6.45) is -0.617. The molecule has 0 aliphatic carbocycles. The van der Waals surface area contributed by atoms with Gasteiger partial charge in [-0.25, -0.2) is 4.79 Å². The van der Waals surface area contributed by atoms with Crippen molar-refractivity contribution in [2.75, 3.05) is 20.3 Å². The monoisotopic (exact) mass is 204 g/mol. The van der Waals surface area contributed by atoms with Crippen molar-refractivity contribution in [3.05, 3.63) is 12.2 Å². The van der Waals surface area contributed by atoms with E-state index in [4.69, 9.17) is 9.47 Å². The maximum atomic E-state index is 10.9. The molecule has 0 heterocycles. The average Bonchev–Trinajstić information content (AvgIpc) is 2.14. The molecule has 0 aromatic carbocycles. The number of hydrogen-bond donors (Lipinski definition) is 0. The molecular weight excluding hydrogens is 188 g/mol. The third kappa shape index (κ3) is 6.59. The van der Waals surface area contributed by atoms with Crippen LogP contribution >= 0.6 is 0 Å². The van der Waals surface area contributed by atoms with Gasteiger partial charge in [-0.2, -0.15) is 4.89 Å². The summed E-state index contributed by atoms with van der Waals surface area (Å²) in [7, 11) is 1.57. The van der Waals surface area contributed by atoms with Gasteiger partial charge >= 0.3 is 5.97 Å². The van der Waals surface area contributed by atoms with Crippen LogP contribution in [0.25, 0.3) is 0 Å². The fourth-order valence-electron chi connectivity index (χ4n) is 0.508. The Morgan fingerprint density at radius 2 is 2.07 bits per heavy atom. The van der Waals surface area contributed by atoms with Crippen molar-refractivity contribution in [2.24, 2.45) is 0 Å². The van der Waals surface area contributed by atoms with Crippen molar-refractivity contribution in [3.8, 4) is 0 Å². The largest absolute Gasteiger partial charge is 0.382 e. The SMILES string of the molecule is C=C(C)C(=O)OOC(C)OCCOC. The van der Waals surface area contributed by atoms with Gasteiger partial charge in [0.15, 0.2) is 6.29 Å². The van der Waals surface area contributed by atoms with Gasteiger partial charge in [-0.3, -0.25) is 4.89 Å². The van der Waals surface area contributed by atoms with E-state index in [1.54, 1.807) is 14.0 Å². The lowest BCUT2D eigenvalue weighted by atomic mass is 10.4. The maximum absolute atomic E-state index is 10.9. The quantitative estimate of drug-likeness (QED) is 0.204. The van der Waals surface area contributed by atoms with Crippen LogP contribution in [0.4, 0.5) is 0 Å². The molecule has 0 saturated carbocycles. The first-order valence-corrected chi connectivity index (χ1v) is 4.21. The number of carbonyl (C=O) groups is 1. The van der Waals surface area contributed by atoms with Crippen LogP contribution in [-0.2, 0) is 24.0 Å². The molecule has 1 atom stereocenters. The van der Waals surface area contributed by atoms with Gasteiger partial charge in [0, 0.05) is 12.7 Å². The first-order valence-electron chi connectivity index (χ1n) is 4.21. The van der Waals surface area contributed by atoms with Crippen LogP contribution in [0, 0.1) is 0 Å². The Hall–Kier alpha value is -0.910. The Morgan fingerprint density at radius 1 is 1.43 bits per heavy atom. The summed E-state index contributed by atoms with van der Waals surface area (Å²) in [5.74, 6) is -0.604. The zero-order valence-corrected chi connectivity index (χ0v) is 8.74. The van der Waals surface area contributed by atoms with Gasteiger partial charge in [-0.15, -0.1) is 0 Å². The second-order valence-corrected chi connectivity index (χ2v) is 2.68. The number of hydrogen-bond acceptors (Lipinski definition) is 5. The van der Waals surface area contributed by atoms with Crippen molar-refractivity contribution < 1.29 is 24.0 Å². The number of methoxy groups -OCH3 is 1.